The minimum absolute atomic E-state index is 0.572. The molecule has 0 amide bonds. The van der Waals surface area contributed by atoms with Crippen LogP contribution in [-0.2, 0) is 28.3 Å². The van der Waals surface area contributed by atoms with Gasteiger partial charge in [0, 0.05) is 26.5 Å². The summed E-state index contributed by atoms with van der Waals surface area (Å²) in [5.41, 5.74) is 4.93. The van der Waals surface area contributed by atoms with Crippen molar-refractivity contribution in [3.05, 3.63) is 30.2 Å². The van der Waals surface area contributed by atoms with Gasteiger partial charge in [0.25, 0.3) is 0 Å². The lowest BCUT2D eigenvalue weighted by atomic mass is 10.2. The second kappa shape index (κ2) is 11.1. The first-order chi connectivity index (χ1) is 13.1. The van der Waals surface area contributed by atoms with Crippen molar-refractivity contribution in [1.82, 2.24) is 19.6 Å². The van der Waals surface area contributed by atoms with E-state index in [4.69, 9.17) is 15.2 Å². The molecule has 10 heteroatoms. The first kappa shape index (κ1) is 26.0. The molecule has 0 aliphatic heterocycles. The van der Waals surface area contributed by atoms with E-state index in [0.717, 1.165) is 5.69 Å². The lowest BCUT2D eigenvalue weighted by Gasteiger charge is -2.20. The zero-order valence-electron chi connectivity index (χ0n) is 18.7. The lowest BCUT2D eigenvalue weighted by molar-refractivity contribution is -0.0293. The maximum atomic E-state index is 11.0. The molecule has 0 spiro atoms. The summed E-state index contributed by atoms with van der Waals surface area (Å²) < 4.78 is 17.3. The Balaban J connectivity index is 0.000000458. The van der Waals surface area contributed by atoms with Crippen molar-refractivity contribution in [3.63, 3.8) is 0 Å². The third-order valence-electron chi connectivity index (χ3n) is 2.53. The molecule has 2 rings (SSSR count). The molecule has 164 valence electrons. The SMILES string of the molecule is CC(C)(C)OC(=O)OC(=O)OC(C)(C)C.Cc1ccn(C)n1.Cn1ccc(N)n1. The molecule has 0 aliphatic carbocycles. The molecular formula is C19H33N5O5. The molecule has 0 saturated heterocycles. The van der Waals surface area contributed by atoms with Crippen LogP contribution in [0.1, 0.15) is 47.2 Å². The predicted molar refractivity (Wildman–Crippen MR) is 109 cm³/mol. The van der Waals surface area contributed by atoms with Gasteiger partial charge in [-0.05, 0) is 60.6 Å². The summed E-state index contributed by atoms with van der Waals surface area (Å²) in [6.45, 7) is 12.0. The maximum Gasteiger partial charge on any atom is 0.519 e. The number of carbonyl (C=O) groups excluding carboxylic acids is 2. The van der Waals surface area contributed by atoms with Gasteiger partial charge >= 0.3 is 12.3 Å². The van der Waals surface area contributed by atoms with Gasteiger partial charge in [-0.15, -0.1) is 0 Å². The Hall–Kier alpha value is -3.04. The second-order valence-corrected chi connectivity index (χ2v) is 8.08. The van der Waals surface area contributed by atoms with Crippen molar-refractivity contribution in [2.24, 2.45) is 14.1 Å². The first-order valence-electron chi connectivity index (χ1n) is 8.92. The average Bonchev–Trinajstić information content (AvgIpc) is 3.03. The zero-order valence-corrected chi connectivity index (χ0v) is 18.7. The van der Waals surface area contributed by atoms with Crippen LogP contribution >= 0.6 is 0 Å². The smallest absolute Gasteiger partial charge is 0.428 e. The maximum absolute atomic E-state index is 11.0. The van der Waals surface area contributed by atoms with Gasteiger partial charge in [-0.25, -0.2) is 9.59 Å². The summed E-state index contributed by atoms with van der Waals surface area (Å²) in [6.07, 6.45) is 1.61. The Labute approximate surface area is 171 Å². The molecule has 2 heterocycles. The summed E-state index contributed by atoms with van der Waals surface area (Å²) >= 11 is 0. The third-order valence-corrected chi connectivity index (χ3v) is 2.53. The van der Waals surface area contributed by atoms with E-state index in [0.29, 0.717) is 5.82 Å². The van der Waals surface area contributed by atoms with E-state index in [9.17, 15) is 9.59 Å². The fraction of sp³-hybridized carbons (Fsp3) is 0.579. The molecule has 0 saturated carbocycles. The van der Waals surface area contributed by atoms with Crippen molar-refractivity contribution in [2.75, 3.05) is 5.73 Å². The fourth-order valence-electron chi connectivity index (χ4n) is 1.57. The third kappa shape index (κ3) is 15.7. The minimum Gasteiger partial charge on any atom is -0.428 e. The Kier molecular flexibility index (Phi) is 9.92. The monoisotopic (exact) mass is 411 g/mol. The highest BCUT2D eigenvalue weighted by molar-refractivity contribution is 5.77. The summed E-state index contributed by atoms with van der Waals surface area (Å²) in [6, 6.07) is 3.72. The van der Waals surface area contributed by atoms with Crippen LogP contribution in [0.3, 0.4) is 0 Å². The number of hydrogen-bond donors (Lipinski definition) is 1. The highest BCUT2D eigenvalue weighted by Gasteiger charge is 2.24. The van der Waals surface area contributed by atoms with Crippen LogP contribution in [0.15, 0.2) is 24.5 Å². The van der Waals surface area contributed by atoms with Gasteiger partial charge in [-0.2, -0.15) is 10.2 Å². The lowest BCUT2D eigenvalue weighted by Crippen LogP contribution is -2.29. The van der Waals surface area contributed by atoms with E-state index in [1.54, 1.807) is 63.2 Å². The van der Waals surface area contributed by atoms with Crippen LogP contribution < -0.4 is 5.73 Å². The Bertz CT molecular complexity index is 671. The number of aromatic nitrogens is 4. The molecule has 29 heavy (non-hydrogen) atoms. The molecule has 0 fully saturated rings. The normalized spacial score (nSPS) is 10.7. The topological polar surface area (TPSA) is 123 Å². The van der Waals surface area contributed by atoms with Crippen molar-refractivity contribution in [2.45, 2.75) is 59.7 Å². The average molecular weight is 412 g/mol. The van der Waals surface area contributed by atoms with Gasteiger partial charge in [-0.1, -0.05) is 0 Å². The van der Waals surface area contributed by atoms with Crippen LogP contribution in [-0.4, -0.2) is 43.1 Å². The number of aryl methyl sites for hydroxylation is 3. The molecule has 0 aliphatic rings. The summed E-state index contributed by atoms with van der Waals surface area (Å²) in [5, 5.41) is 7.83. The van der Waals surface area contributed by atoms with Crippen LogP contribution in [0.25, 0.3) is 0 Å². The Morgan fingerprint density at radius 3 is 1.45 bits per heavy atom. The van der Waals surface area contributed by atoms with E-state index >= 15 is 0 Å². The molecule has 2 N–H and O–H groups in total. The van der Waals surface area contributed by atoms with Crippen molar-refractivity contribution >= 4 is 18.1 Å². The molecule has 0 unspecified atom stereocenters. The summed E-state index contributed by atoms with van der Waals surface area (Å²) in [7, 11) is 3.74. The Morgan fingerprint density at radius 2 is 1.28 bits per heavy atom. The van der Waals surface area contributed by atoms with Crippen molar-refractivity contribution in [1.29, 1.82) is 0 Å². The fourth-order valence-corrected chi connectivity index (χ4v) is 1.57. The molecular weight excluding hydrogens is 378 g/mol. The molecule has 2 aromatic rings. The van der Waals surface area contributed by atoms with Crippen LogP contribution in [0.2, 0.25) is 0 Å². The number of hydrogen-bond acceptors (Lipinski definition) is 8. The van der Waals surface area contributed by atoms with Gasteiger partial charge < -0.3 is 19.9 Å². The number of ether oxygens (including phenoxy) is 3. The number of nitrogens with zero attached hydrogens (tertiary/aromatic N) is 4. The number of carbonyl (C=O) groups is 2. The van der Waals surface area contributed by atoms with Crippen LogP contribution in [0.5, 0.6) is 0 Å². The minimum atomic E-state index is -1.06. The number of anilines is 1. The predicted octanol–water partition coefficient (Wildman–Crippen LogP) is 3.60. The van der Waals surface area contributed by atoms with Gasteiger partial charge in [0.05, 0.1) is 5.69 Å². The van der Waals surface area contributed by atoms with E-state index < -0.39 is 23.5 Å². The summed E-state index contributed by atoms with van der Waals surface area (Å²) in [4.78, 5) is 22.0. The van der Waals surface area contributed by atoms with Gasteiger partial charge in [0.15, 0.2) is 0 Å². The van der Waals surface area contributed by atoms with E-state index in [1.807, 2.05) is 33.3 Å². The standard InChI is InChI=1S/C10H18O5.C5H8N2.C4H7N3/c1-9(2,3)14-7(11)13-8(12)15-10(4,5)6;1-5-3-4-7(2)6-5;1-7-3-2-4(5)6-7/h1-6H3;3-4H,1-2H3;2-3H,1H3,(H2,5,6). The Morgan fingerprint density at radius 1 is 0.862 bits per heavy atom. The number of rotatable bonds is 0. The zero-order chi connectivity index (χ0) is 22.8. The number of nitrogens with two attached hydrogens (primary N) is 1. The van der Waals surface area contributed by atoms with Crippen molar-refractivity contribution < 1.29 is 23.8 Å². The highest BCUT2D eigenvalue weighted by atomic mass is 16.8. The molecule has 2 aromatic heterocycles. The van der Waals surface area contributed by atoms with E-state index in [1.165, 1.54) is 0 Å². The first-order valence-corrected chi connectivity index (χ1v) is 8.92. The van der Waals surface area contributed by atoms with Crippen molar-refractivity contribution in [3.8, 4) is 0 Å². The van der Waals surface area contributed by atoms with E-state index in [2.05, 4.69) is 14.9 Å². The number of nitrogen functional groups attached to an aromatic ring is 1. The highest BCUT2D eigenvalue weighted by Crippen LogP contribution is 2.11. The van der Waals surface area contributed by atoms with Gasteiger partial charge in [0.2, 0.25) is 0 Å². The molecule has 10 nitrogen and oxygen atoms in total. The van der Waals surface area contributed by atoms with Gasteiger partial charge in [0.1, 0.15) is 17.0 Å². The molecule has 0 aromatic carbocycles. The largest absolute Gasteiger partial charge is 0.519 e. The van der Waals surface area contributed by atoms with Crippen LogP contribution in [0, 0.1) is 6.92 Å². The molecule has 0 atom stereocenters. The second-order valence-electron chi connectivity index (χ2n) is 8.08. The van der Waals surface area contributed by atoms with E-state index in [-0.39, 0.29) is 0 Å². The molecule has 0 bridgehead atoms. The quantitative estimate of drug-likeness (QED) is 0.515. The van der Waals surface area contributed by atoms with Gasteiger partial charge in [-0.3, -0.25) is 9.36 Å². The summed E-state index contributed by atoms with van der Waals surface area (Å²) in [5.74, 6) is 0.572. The molecule has 0 radical (unpaired) electrons. The van der Waals surface area contributed by atoms with Crippen LogP contribution in [0.4, 0.5) is 15.4 Å².